The van der Waals surface area contributed by atoms with Crippen LogP contribution in [0, 0.1) is 0 Å². The molecule has 0 aliphatic heterocycles. The molecular weight excluding hydrogens is 841 g/mol. The summed E-state index contributed by atoms with van der Waals surface area (Å²) in [6.07, 6.45) is 72.9. The third-order valence-electron chi connectivity index (χ3n) is 12.1. The minimum absolute atomic E-state index is 0.0984. The molecule has 0 amide bonds. The van der Waals surface area contributed by atoms with E-state index < -0.39 is 6.10 Å². The fourth-order valence-corrected chi connectivity index (χ4v) is 7.86. The van der Waals surface area contributed by atoms with E-state index in [1.165, 1.54) is 141 Å². The molecule has 0 aliphatic rings. The second kappa shape index (κ2) is 56.2. The molecule has 0 aromatic heterocycles. The molecule has 0 saturated carbocycles. The molecule has 0 aromatic carbocycles. The van der Waals surface area contributed by atoms with Crippen molar-refractivity contribution >= 4 is 17.9 Å². The first kappa shape index (κ1) is 64.6. The number of carbonyl (C=O) groups excluding carboxylic acids is 3. The van der Waals surface area contributed by atoms with Gasteiger partial charge in [-0.05, 0) is 89.9 Å². The van der Waals surface area contributed by atoms with Crippen molar-refractivity contribution < 1.29 is 28.6 Å². The Balaban J connectivity index is 4.45. The molecule has 390 valence electrons. The van der Waals surface area contributed by atoms with Crippen LogP contribution in [-0.2, 0) is 28.6 Å². The molecule has 0 heterocycles. The summed E-state index contributed by atoms with van der Waals surface area (Å²) in [6, 6.07) is 0. The zero-order chi connectivity index (χ0) is 49.3. The van der Waals surface area contributed by atoms with Crippen LogP contribution in [0.25, 0.3) is 0 Å². The van der Waals surface area contributed by atoms with Crippen LogP contribution in [0.4, 0.5) is 0 Å². The summed E-state index contributed by atoms with van der Waals surface area (Å²) in [4.78, 5) is 38.1. The summed E-state index contributed by atoms with van der Waals surface area (Å²) in [7, 11) is 0. The molecule has 68 heavy (non-hydrogen) atoms. The minimum Gasteiger partial charge on any atom is -0.462 e. The minimum atomic E-state index is -0.807. The lowest BCUT2D eigenvalue weighted by Gasteiger charge is -2.18. The fraction of sp³-hybridized carbons (Fsp3) is 0.726. The smallest absolute Gasteiger partial charge is 0.306 e. The molecule has 0 bridgehead atoms. The van der Waals surface area contributed by atoms with Crippen molar-refractivity contribution in [1.82, 2.24) is 0 Å². The Hall–Kier alpha value is -3.41. The molecule has 0 aromatic rings. The molecule has 1 atom stereocenters. The molecule has 6 heteroatoms. The van der Waals surface area contributed by atoms with Crippen LogP contribution in [0.15, 0.2) is 85.1 Å². The topological polar surface area (TPSA) is 78.9 Å². The van der Waals surface area contributed by atoms with Gasteiger partial charge >= 0.3 is 17.9 Å². The van der Waals surface area contributed by atoms with Gasteiger partial charge in [-0.2, -0.15) is 0 Å². The first-order valence-corrected chi connectivity index (χ1v) is 28.6. The van der Waals surface area contributed by atoms with Gasteiger partial charge in [0.25, 0.3) is 0 Å². The lowest BCUT2D eigenvalue weighted by molar-refractivity contribution is -0.167. The van der Waals surface area contributed by atoms with E-state index in [4.69, 9.17) is 14.2 Å². The molecular formula is C62H106O6. The normalized spacial score (nSPS) is 12.7. The van der Waals surface area contributed by atoms with Crippen molar-refractivity contribution in [1.29, 1.82) is 0 Å². The molecule has 0 spiro atoms. The lowest BCUT2D eigenvalue weighted by Crippen LogP contribution is -2.30. The van der Waals surface area contributed by atoms with Gasteiger partial charge in [0.05, 0.1) is 0 Å². The number of allylic oxidation sites excluding steroid dienone is 14. The van der Waals surface area contributed by atoms with Crippen LogP contribution in [0.5, 0.6) is 0 Å². The van der Waals surface area contributed by atoms with Crippen LogP contribution in [0.2, 0.25) is 0 Å². The third-order valence-corrected chi connectivity index (χ3v) is 12.1. The van der Waals surface area contributed by atoms with Crippen LogP contribution in [0.3, 0.4) is 0 Å². The van der Waals surface area contributed by atoms with E-state index in [9.17, 15) is 14.4 Å². The zero-order valence-electron chi connectivity index (χ0n) is 44.6. The van der Waals surface area contributed by atoms with Gasteiger partial charge in [0.1, 0.15) is 13.2 Å². The maximum absolute atomic E-state index is 12.8. The average Bonchev–Trinajstić information content (AvgIpc) is 3.34. The number of hydrogen-bond acceptors (Lipinski definition) is 6. The first-order valence-electron chi connectivity index (χ1n) is 28.6. The highest BCUT2D eigenvalue weighted by Crippen LogP contribution is 2.15. The average molecular weight is 948 g/mol. The largest absolute Gasteiger partial charge is 0.462 e. The van der Waals surface area contributed by atoms with E-state index in [2.05, 4.69) is 106 Å². The highest BCUT2D eigenvalue weighted by atomic mass is 16.6. The Kier molecular flexibility index (Phi) is 53.4. The van der Waals surface area contributed by atoms with Crippen LogP contribution < -0.4 is 0 Å². The molecule has 0 fully saturated rings. The van der Waals surface area contributed by atoms with Crippen LogP contribution in [-0.4, -0.2) is 37.2 Å². The van der Waals surface area contributed by atoms with E-state index in [1.807, 2.05) is 0 Å². The second-order valence-electron chi connectivity index (χ2n) is 18.8. The van der Waals surface area contributed by atoms with Gasteiger partial charge in [-0.25, -0.2) is 0 Å². The summed E-state index contributed by atoms with van der Waals surface area (Å²) in [5.74, 6) is -0.955. The van der Waals surface area contributed by atoms with E-state index in [0.717, 1.165) is 83.5 Å². The summed E-state index contributed by atoms with van der Waals surface area (Å²) in [6.45, 7) is 6.47. The van der Waals surface area contributed by atoms with Crippen molar-refractivity contribution in [2.24, 2.45) is 0 Å². The van der Waals surface area contributed by atoms with Gasteiger partial charge < -0.3 is 14.2 Å². The van der Waals surface area contributed by atoms with Crippen molar-refractivity contribution in [3.05, 3.63) is 85.1 Å². The number of carbonyl (C=O) groups is 3. The quantitative estimate of drug-likeness (QED) is 0.0262. The van der Waals surface area contributed by atoms with Crippen molar-refractivity contribution in [2.75, 3.05) is 13.2 Å². The summed E-state index contributed by atoms with van der Waals surface area (Å²) >= 11 is 0. The van der Waals surface area contributed by atoms with Crippen molar-refractivity contribution in [3.8, 4) is 0 Å². The third kappa shape index (κ3) is 53.5. The van der Waals surface area contributed by atoms with E-state index >= 15 is 0 Å². The number of unbranched alkanes of at least 4 members (excludes halogenated alkanes) is 26. The Labute approximate surface area is 420 Å². The lowest BCUT2D eigenvalue weighted by atomic mass is 10.0. The monoisotopic (exact) mass is 947 g/mol. The molecule has 0 radical (unpaired) electrons. The summed E-state index contributed by atoms with van der Waals surface area (Å²) in [5, 5.41) is 0. The van der Waals surface area contributed by atoms with Gasteiger partial charge in [0, 0.05) is 19.3 Å². The highest BCUT2D eigenvalue weighted by Gasteiger charge is 2.19. The molecule has 0 saturated heterocycles. The maximum atomic E-state index is 12.8. The fourth-order valence-electron chi connectivity index (χ4n) is 7.86. The Morgan fingerprint density at radius 3 is 0.971 bits per heavy atom. The molecule has 0 rings (SSSR count). The second-order valence-corrected chi connectivity index (χ2v) is 18.8. The molecule has 6 nitrogen and oxygen atoms in total. The molecule has 0 aliphatic carbocycles. The van der Waals surface area contributed by atoms with Crippen LogP contribution >= 0.6 is 0 Å². The standard InChI is InChI=1S/C62H106O6/c1-4-7-10-13-16-19-22-25-28-30-31-33-34-37-40-43-46-49-52-55-61(64)67-58-59(57-66-60(63)54-51-48-45-42-39-36-27-24-21-18-15-12-9-6-3)68-62(65)56-53-50-47-44-41-38-35-32-29-26-23-20-17-14-11-8-5-2/h8,11,16-17,19-20,25-26,28-29,35,38,44,47,59H,4-7,9-10,12-15,18,21-24,27,30-34,36-37,39-43,45-46,48-58H2,1-3H3/b11-8-,19-16-,20-17-,28-25-,29-26-,38-35-,47-44-. The van der Waals surface area contributed by atoms with Gasteiger partial charge in [-0.1, -0.05) is 247 Å². The van der Waals surface area contributed by atoms with Gasteiger partial charge in [0.2, 0.25) is 0 Å². The van der Waals surface area contributed by atoms with E-state index in [0.29, 0.717) is 19.3 Å². The Morgan fingerprint density at radius 2 is 0.588 bits per heavy atom. The summed E-state index contributed by atoms with van der Waals surface area (Å²) in [5.41, 5.74) is 0. The number of rotatable bonds is 51. The molecule has 1 unspecified atom stereocenters. The highest BCUT2D eigenvalue weighted by molar-refractivity contribution is 5.71. The molecule has 0 N–H and O–H groups in total. The van der Waals surface area contributed by atoms with E-state index in [1.54, 1.807) is 0 Å². The van der Waals surface area contributed by atoms with Crippen molar-refractivity contribution in [2.45, 2.75) is 277 Å². The van der Waals surface area contributed by atoms with Gasteiger partial charge in [-0.3, -0.25) is 14.4 Å². The predicted molar refractivity (Wildman–Crippen MR) is 293 cm³/mol. The maximum Gasteiger partial charge on any atom is 0.306 e. The zero-order valence-corrected chi connectivity index (χ0v) is 44.6. The van der Waals surface area contributed by atoms with Gasteiger partial charge in [-0.15, -0.1) is 0 Å². The SMILES string of the molecule is CC/C=C\C/C=C\C/C=C\C/C=C\C/C=C\CCCC(=O)OC(COC(=O)CCCCCCCCCCC/C=C\C/C=C\CCCCC)COC(=O)CCCCCCCCCCCCCCCC. The van der Waals surface area contributed by atoms with Crippen LogP contribution in [0.1, 0.15) is 271 Å². The number of esters is 3. The van der Waals surface area contributed by atoms with Gasteiger partial charge in [0.15, 0.2) is 6.10 Å². The number of ether oxygens (including phenoxy) is 3. The Bertz CT molecular complexity index is 1320. The Morgan fingerprint density at radius 1 is 0.309 bits per heavy atom. The number of hydrogen-bond donors (Lipinski definition) is 0. The predicted octanol–water partition coefficient (Wildman–Crippen LogP) is 19.2. The van der Waals surface area contributed by atoms with E-state index in [-0.39, 0.29) is 37.5 Å². The summed E-state index contributed by atoms with van der Waals surface area (Å²) < 4.78 is 16.8. The van der Waals surface area contributed by atoms with Crippen molar-refractivity contribution in [3.63, 3.8) is 0 Å². The first-order chi connectivity index (χ1) is 33.5.